The summed E-state index contributed by atoms with van der Waals surface area (Å²) < 4.78 is 26.2. The molecule has 0 radical (unpaired) electrons. The summed E-state index contributed by atoms with van der Waals surface area (Å²) in [7, 11) is -3.85. The molecule has 0 aliphatic rings. The van der Waals surface area contributed by atoms with Gasteiger partial charge in [-0.05, 0) is 43.5 Å². The molecule has 0 saturated heterocycles. The molecule has 0 aromatic heterocycles. The van der Waals surface area contributed by atoms with Gasteiger partial charge in [0.1, 0.15) is 12.6 Å². The van der Waals surface area contributed by atoms with Crippen LogP contribution in [0.15, 0.2) is 48.5 Å². The van der Waals surface area contributed by atoms with E-state index in [1.54, 1.807) is 49.4 Å². The fourth-order valence-electron chi connectivity index (χ4n) is 3.42. The van der Waals surface area contributed by atoms with Crippen molar-refractivity contribution < 1.29 is 18.0 Å². The van der Waals surface area contributed by atoms with Gasteiger partial charge in [0.25, 0.3) is 0 Å². The Morgan fingerprint density at radius 3 is 2.09 bits per heavy atom. The van der Waals surface area contributed by atoms with Crippen LogP contribution in [0.25, 0.3) is 0 Å². The maximum atomic E-state index is 13.6. The Morgan fingerprint density at radius 2 is 1.56 bits per heavy atom. The zero-order valence-corrected chi connectivity index (χ0v) is 22.1. The van der Waals surface area contributed by atoms with E-state index in [1.807, 2.05) is 13.8 Å². The van der Waals surface area contributed by atoms with Gasteiger partial charge in [-0.2, -0.15) is 0 Å². The van der Waals surface area contributed by atoms with E-state index in [2.05, 4.69) is 5.32 Å². The van der Waals surface area contributed by atoms with Crippen molar-refractivity contribution in [1.29, 1.82) is 0 Å². The first-order valence-corrected chi connectivity index (χ1v) is 13.6. The molecule has 0 unspecified atom stereocenters. The van der Waals surface area contributed by atoms with Crippen molar-refractivity contribution in [2.45, 2.75) is 52.2 Å². The number of rotatable bonds is 11. The Labute approximate surface area is 212 Å². The summed E-state index contributed by atoms with van der Waals surface area (Å²) in [6.07, 6.45) is 2.08. The van der Waals surface area contributed by atoms with E-state index in [0.29, 0.717) is 17.0 Å². The maximum Gasteiger partial charge on any atom is 0.244 e. The Kier molecular flexibility index (Phi) is 10.2. The summed E-state index contributed by atoms with van der Waals surface area (Å²) in [4.78, 5) is 28.1. The van der Waals surface area contributed by atoms with Gasteiger partial charge >= 0.3 is 0 Å². The van der Waals surface area contributed by atoms with Gasteiger partial charge in [0.15, 0.2) is 0 Å². The standard InChI is InChI=1S/C24H31Cl2N3O4S/c1-5-17(3)27-24(31)21(6-2)28(15-18-11-7-8-12-19(18)25)23(30)16-29(34(4,32)33)22-14-10-9-13-20(22)26/h7-14,17,21H,5-6,15-16H2,1-4H3,(H,27,31)/t17-,21-/m1/s1. The molecule has 2 aromatic carbocycles. The molecule has 0 saturated carbocycles. The molecule has 1 N–H and O–H groups in total. The van der Waals surface area contributed by atoms with Crippen LogP contribution in [0.5, 0.6) is 0 Å². The third kappa shape index (κ3) is 7.35. The van der Waals surface area contributed by atoms with E-state index in [9.17, 15) is 18.0 Å². The van der Waals surface area contributed by atoms with Crippen LogP contribution in [-0.4, -0.2) is 50.0 Å². The summed E-state index contributed by atoms with van der Waals surface area (Å²) in [6.45, 7) is 5.17. The second-order valence-corrected chi connectivity index (χ2v) is 10.8. The summed E-state index contributed by atoms with van der Waals surface area (Å²) in [6, 6.07) is 12.5. The van der Waals surface area contributed by atoms with Crippen molar-refractivity contribution in [2.24, 2.45) is 0 Å². The number of anilines is 1. The van der Waals surface area contributed by atoms with Crippen molar-refractivity contribution in [3.05, 3.63) is 64.1 Å². The van der Waals surface area contributed by atoms with E-state index in [-0.39, 0.29) is 29.2 Å². The molecule has 0 bridgehead atoms. The average molecular weight is 529 g/mol. The number of hydrogen-bond donors (Lipinski definition) is 1. The molecule has 0 fully saturated rings. The van der Waals surface area contributed by atoms with Crippen molar-refractivity contribution in [3.8, 4) is 0 Å². The average Bonchev–Trinajstić information content (AvgIpc) is 2.78. The van der Waals surface area contributed by atoms with Gasteiger partial charge in [-0.15, -0.1) is 0 Å². The number of carbonyl (C=O) groups excluding carboxylic acids is 2. The van der Waals surface area contributed by atoms with Crippen LogP contribution in [0.4, 0.5) is 5.69 Å². The van der Waals surface area contributed by atoms with Gasteiger partial charge in [0, 0.05) is 17.6 Å². The number of benzene rings is 2. The highest BCUT2D eigenvalue weighted by Gasteiger charge is 2.32. The van der Waals surface area contributed by atoms with E-state index in [4.69, 9.17) is 23.2 Å². The molecule has 34 heavy (non-hydrogen) atoms. The Hall–Kier alpha value is -2.29. The number of nitrogens with zero attached hydrogens (tertiary/aromatic N) is 2. The third-order valence-electron chi connectivity index (χ3n) is 5.49. The summed E-state index contributed by atoms with van der Waals surface area (Å²) in [5.74, 6) is -0.850. The molecule has 0 aliphatic carbocycles. The number of sulfonamides is 1. The molecule has 0 spiro atoms. The predicted octanol–water partition coefficient (Wildman–Crippen LogP) is 4.48. The minimum absolute atomic E-state index is 0.0467. The fourth-order valence-corrected chi connectivity index (χ4v) is 4.76. The smallest absolute Gasteiger partial charge is 0.244 e. The number of halogens is 2. The van der Waals surface area contributed by atoms with Crippen LogP contribution < -0.4 is 9.62 Å². The van der Waals surface area contributed by atoms with Crippen LogP contribution in [0.2, 0.25) is 10.0 Å². The van der Waals surface area contributed by atoms with Crippen LogP contribution in [0.3, 0.4) is 0 Å². The highest BCUT2D eigenvalue weighted by atomic mass is 35.5. The van der Waals surface area contributed by atoms with Crippen LogP contribution >= 0.6 is 23.2 Å². The third-order valence-corrected chi connectivity index (χ3v) is 7.30. The molecule has 2 atom stereocenters. The van der Waals surface area contributed by atoms with Gasteiger partial charge in [-0.1, -0.05) is 67.4 Å². The Bertz CT molecular complexity index is 1110. The van der Waals surface area contributed by atoms with Gasteiger partial charge in [-0.25, -0.2) is 8.42 Å². The van der Waals surface area contributed by atoms with Crippen molar-refractivity contribution in [3.63, 3.8) is 0 Å². The normalized spacial score (nSPS) is 13.1. The monoisotopic (exact) mass is 527 g/mol. The first-order chi connectivity index (χ1) is 16.0. The lowest BCUT2D eigenvalue weighted by molar-refractivity contribution is -0.140. The maximum absolute atomic E-state index is 13.6. The van der Waals surface area contributed by atoms with Gasteiger partial charge in [0.05, 0.1) is 17.0 Å². The molecular formula is C24H31Cl2N3O4S. The summed E-state index contributed by atoms with van der Waals surface area (Å²) in [5, 5.41) is 3.56. The fraction of sp³-hybridized carbons (Fsp3) is 0.417. The zero-order valence-electron chi connectivity index (χ0n) is 19.8. The molecule has 10 heteroatoms. The summed E-state index contributed by atoms with van der Waals surface area (Å²) >= 11 is 12.6. The number of carbonyl (C=O) groups is 2. The van der Waals surface area contributed by atoms with Crippen LogP contribution in [0, 0.1) is 0 Å². The van der Waals surface area contributed by atoms with E-state index >= 15 is 0 Å². The quantitative estimate of drug-likeness (QED) is 0.466. The Balaban J connectivity index is 2.47. The molecule has 0 heterocycles. The molecule has 2 aromatic rings. The molecular weight excluding hydrogens is 497 g/mol. The minimum Gasteiger partial charge on any atom is -0.352 e. The predicted molar refractivity (Wildman–Crippen MR) is 138 cm³/mol. The van der Waals surface area contributed by atoms with Crippen LogP contribution in [-0.2, 0) is 26.2 Å². The number of hydrogen-bond acceptors (Lipinski definition) is 4. The first kappa shape index (κ1) is 28.0. The minimum atomic E-state index is -3.85. The SMILES string of the molecule is CC[C@@H](C)NC(=O)[C@@H](CC)N(Cc1ccccc1Cl)C(=O)CN(c1ccccc1Cl)S(C)(=O)=O. The molecule has 7 nitrogen and oxygen atoms in total. The lowest BCUT2D eigenvalue weighted by Gasteiger charge is -2.33. The highest BCUT2D eigenvalue weighted by Crippen LogP contribution is 2.28. The highest BCUT2D eigenvalue weighted by molar-refractivity contribution is 7.92. The number of amides is 2. The molecule has 0 aliphatic heterocycles. The number of para-hydroxylation sites is 1. The summed E-state index contributed by atoms with van der Waals surface area (Å²) in [5.41, 5.74) is 0.839. The second-order valence-electron chi connectivity index (χ2n) is 8.08. The second kappa shape index (κ2) is 12.4. The van der Waals surface area contributed by atoms with Gasteiger partial charge in [0.2, 0.25) is 21.8 Å². The van der Waals surface area contributed by atoms with Crippen LogP contribution in [0.1, 0.15) is 39.2 Å². The zero-order chi connectivity index (χ0) is 25.5. The van der Waals surface area contributed by atoms with Gasteiger partial charge < -0.3 is 10.2 Å². The van der Waals surface area contributed by atoms with Crippen molar-refractivity contribution in [2.75, 3.05) is 17.1 Å². The largest absolute Gasteiger partial charge is 0.352 e. The lowest BCUT2D eigenvalue weighted by Crippen LogP contribution is -2.53. The molecule has 2 rings (SSSR count). The lowest BCUT2D eigenvalue weighted by atomic mass is 10.1. The first-order valence-electron chi connectivity index (χ1n) is 11.0. The topological polar surface area (TPSA) is 86.8 Å². The van der Waals surface area contributed by atoms with Gasteiger partial charge in [-0.3, -0.25) is 13.9 Å². The van der Waals surface area contributed by atoms with E-state index in [1.165, 1.54) is 11.0 Å². The van der Waals surface area contributed by atoms with E-state index < -0.39 is 28.5 Å². The molecule has 186 valence electrons. The van der Waals surface area contributed by atoms with E-state index in [0.717, 1.165) is 17.0 Å². The van der Waals surface area contributed by atoms with Crippen molar-refractivity contribution >= 4 is 50.7 Å². The number of nitrogens with one attached hydrogen (secondary N) is 1. The molecule has 2 amide bonds. The van der Waals surface area contributed by atoms with Crippen molar-refractivity contribution in [1.82, 2.24) is 10.2 Å². The Morgan fingerprint density at radius 1 is 0.971 bits per heavy atom.